The third-order valence-electron chi connectivity index (χ3n) is 5.41. The van der Waals surface area contributed by atoms with Crippen LogP contribution in [0.4, 0.5) is 0 Å². The molecular weight excluding hydrogens is 320 g/mol. The van der Waals surface area contributed by atoms with Crippen LogP contribution in [0.2, 0.25) is 0 Å². The average Bonchev–Trinajstić information content (AvgIpc) is 3.10. The van der Waals surface area contributed by atoms with Gasteiger partial charge in [0.05, 0.1) is 0 Å². The molecule has 2 atom stereocenters. The summed E-state index contributed by atoms with van der Waals surface area (Å²) in [5, 5.41) is 9.69. The molecule has 0 amide bonds. The van der Waals surface area contributed by atoms with E-state index in [1.807, 2.05) is 13.1 Å². The summed E-state index contributed by atoms with van der Waals surface area (Å²) in [6.07, 6.45) is 26.5. The van der Waals surface area contributed by atoms with Crippen molar-refractivity contribution in [2.45, 2.75) is 123 Å². The van der Waals surface area contributed by atoms with Crippen molar-refractivity contribution in [3.8, 4) is 0 Å². The van der Waals surface area contributed by atoms with E-state index in [-0.39, 0.29) is 12.4 Å². The van der Waals surface area contributed by atoms with Crippen LogP contribution in [-0.4, -0.2) is 35.2 Å². The van der Waals surface area contributed by atoms with E-state index in [2.05, 4.69) is 29.0 Å². The van der Waals surface area contributed by atoms with E-state index in [1.165, 1.54) is 89.9 Å². The van der Waals surface area contributed by atoms with Crippen molar-refractivity contribution < 1.29 is 5.11 Å². The van der Waals surface area contributed by atoms with Crippen LogP contribution >= 0.6 is 0 Å². The lowest BCUT2D eigenvalue weighted by Crippen LogP contribution is -2.37. The maximum absolute atomic E-state index is 9.69. The zero-order chi connectivity index (χ0) is 18.9. The normalized spacial score (nSPS) is 19.0. The molecule has 0 bridgehead atoms. The molecule has 0 aromatic rings. The molecular formula is C23H44N2O. The Hall–Kier alpha value is -0.670. The third kappa shape index (κ3) is 11.9. The topological polar surface area (TPSA) is 35.8 Å². The minimum absolute atomic E-state index is 0.206. The molecule has 152 valence electrons. The number of hydrogen-bond acceptors (Lipinski definition) is 3. The van der Waals surface area contributed by atoms with Crippen LogP contribution in [-0.2, 0) is 0 Å². The van der Waals surface area contributed by atoms with Gasteiger partial charge in [-0.3, -0.25) is 9.89 Å². The minimum atomic E-state index is -0.383. The van der Waals surface area contributed by atoms with Crippen molar-refractivity contribution in [3.63, 3.8) is 0 Å². The zero-order valence-electron chi connectivity index (χ0n) is 17.5. The first-order valence-corrected chi connectivity index (χ1v) is 11.4. The van der Waals surface area contributed by atoms with Crippen LogP contribution in [0.3, 0.4) is 0 Å². The highest BCUT2D eigenvalue weighted by Crippen LogP contribution is 2.17. The van der Waals surface area contributed by atoms with E-state index >= 15 is 0 Å². The van der Waals surface area contributed by atoms with Gasteiger partial charge in [-0.05, 0) is 45.4 Å². The highest BCUT2D eigenvalue weighted by molar-refractivity contribution is 5.62. The van der Waals surface area contributed by atoms with Gasteiger partial charge in [-0.1, -0.05) is 76.9 Å². The molecule has 0 fully saturated rings. The van der Waals surface area contributed by atoms with Gasteiger partial charge < -0.3 is 5.11 Å². The Morgan fingerprint density at radius 3 is 2.04 bits per heavy atom. The lowest BCUT2D eigenvalue weighted by atomic mass is 10.1. The van der Waals surface area contributed by atoms with Gasteiger partial charge >= 0.3 is 0 Å². The Morgan fingerprint density at radius 2 is 1.46 bits per heavy atom. The summed E-state index contributed by atoms with van der Waals surface area (Å²) in [6, 6.07) is 0. The summed E-state index contributed by atoms with van der Waals surface area (Å²) in [7, 11) is 0. The van der Waals surface area contributed by atoms with Crippen molar-refractivity contribution >= 4 is 6.21 Å². The number of rotatable bonds is 17. The van der Waals surface area contributed by atoms with E-state index in [0.29, 0.717) is 0 Å². The number of allylic oxidation sites excluding steroid dienone is 2. The SMILES string of the molecule is CCCCCCCCCCC/C=C/CCCCCC1N=CCN1C(C)O. The summed E-state index contributed by atoms with van der Waals surface area (Å²) in [5.41, 5.74) is 0. The van der Waals surface area contributed by atoms with Gasteiger partial charge in [0, 0.05) is 12.8 Å². The number of aliphatic imine (C=N–C) groups is 1. The summed E-state index contributed by atoms with van der Waals surface area (Å²) in [5.74, 6) is 0. The van der Waals surface area contributed by atoms with Gasteiger partial charge in [-0.15, -0.1) is 0 Å². The second-order valence-electron chi connectivity index (χ2n) is 7.87. The Bertz CT molecular complexity index is 365. The third-order valence-corrected chi connectivity index (χ3v) is 5.41. The maximum Gasteiger partial charge on any atom is 0.106 e. The lowest BCUT2D eigenvalue weighted by molar-refractivity contribution is 0.00711. The van der Waals surface area contributed by atoms with Gasteiger partial charge in [0.2, 0.25) is 0 Å². The van der Waals surface area contributed by atoms with E-state index in [1.54, 1.807) is 0 Å². The van der Waals surface area contributed by atoms with Gasteiger partial charge in [0.1, 0.15) is 12.4 Å². The molecule has 0 saturated heterocycles. The van der Waals surface area contributed by atoms with Crippen LogP contribution in [0, 0.1) is 0 Å². The van der Waals surface area contributed by atoms with Crippen LogP contribution in [0.15, 0.2) is 17.1 Å². The molecule has 0 saturated carbocycles. The fourth-order valence-electron chi connectivity index (χ4n) is 3.69. The lowest BCUT2D eigenvalue weighted by Gasteiger charge is -2.25. The molecule has 0 radical (unpaired) electrons. The zero-order valence-corrected chi connectivity index (χ0v) is 17.5. The average molecular weight is 365 g/mol. The molecule has 0 aromatic carbocycles. The number of nitrogens with zero attached hydrogens (tertiary/aromatic N) is 2. The van der Waals surface area contributed by atoms with E-state index in [9.17, 15) is 5.11 Å². The largest absolute Gasteiger partial charge is 0.379 e. The summed E-state index contributed by atoms with van der Waals surface area (Å²) in [4.78, 5) is 6.53. The monoisotopic (exact) mass is 364 g/mol. The molecule has 2 unspecified atom stereocenters. The second kappa shape index (κ2) is 16.5. The molecule has 1 rings (SSSR count). The molecule has 3 nitrogen and oxygen atoms in total. The summed E-state index contributed by atoms with van der Waals surface area (Å²) < 4.78 is 0. The van der Waals surface area contributed by atoms with Crippen molar-refractivity contribution in [3.05, 3.63) is 12.2 Å². The minimum Gasteiger partial charge on any atom is -0.379 e. The van der Waals surface area contributed by atoms with Crippen LogP contribution in [0.1, 0.15) is 110 Å². The Labute approximate surface area is 163 Å². The van der Waals surface area contributed by atoms with Crippen LogP contribution in [0.5, 0.6) is 0 Å². The van der Waals surface area contributed by atoms with Gasteiger partial charge in [0.15, 0.2) is 0 Å². The molecule has 0 aromatic heterocycles. The smallest absolute Gasteiger partial charge is 0.106 e. The first kappa shape index (κ1) is 23.4. The first-order chi connectivity index (χ1) is 12.8. The van der Waals surface area contributed by atoms with E-state index in [4.69, 9.17) is 0 Å². The second-order valence-corrected chi connectivity index (χ2v) is 7.87. The highest BCUT2D eigenvalue weighted by atomic mass is 16.3. The first-order valence-electron chi connectivity index (χ1n) is 11.4. The van der Waals surface area contributed by atoms with Crippen LogP contribution < -0.4 is 0 Å². The summed E-state index contributed by atoms with van der Waals surface area (Å²) >= 11 is 0. The predicted molar refractivity (Wildman–Crippen MR) is 115 cm³/mol. The van der Waals surface area contributed by atoms with Crippen LogP contribution in [0.25, 0.3) is 0 Å². The van der Waals surface area contributed by atoms with Gasteiger partial charge in [0.25, 0.3) is 0 Å². The van der Waals surface area contributed by atoms with Crippen molar-refractivity contribution in [1.29, 1.82) is 0 Å². The molecule has 0 aliphatic carbocycles. The Balaban J connectivity index is 1.82. The van der Waals surface area contributed by atoms with Crippen molar-refractivity contribution in [2.75, 3.05) is 6.54 Å². The summed E-state index contributed by atoms with van der Waals surface area (Å²) in [6.45, 7) is 4.91. The molecule has 3 heteroatoms. The van der Waals surface area contributed by atoms with Gasteiger partial charge in [-0.2, -0.15) is 0 Å². The Morgan fingerprint density at radius 1 is 0.923 bits per heavy atom. The molecule has 1 aliphatic rings. The Kier molecular flexibility index (Phi) is 14.8. The fraction of sp³-hybridized carbons (Fsp3) is 0.870. The standard InChI is InChI=1S/C23H44N2O/c1-3-4-5-6-7-8-9-10-11-12-13-14-15-16-17-18-19-23-24-20-21-25(23)22(2)26/h13-14,20,22-23,26H,3-12,15-19,21H2,1-2H3/b14-13+. The molecule has 1 heterocycles. The molecule has 0 spiro atoms. The molecule has 1 aliphatic heterocycles. The molecule has 1 N–H and O–H groups in total. The van der Waals surface area contributed by atoms with Crippen molar-refractivity contribution in [1.82, 2.24) is 4.90 Å². The number of aliphatic hydroxyl groups excluding tert-OH is 1. The van der Waals surface area contributed by atoms with E-state index < -0.39 is 0 Å². The predicted octanol–water partition coefficient (Wildman–Crippen LogP) is 6.46. The maximum atomic E-state index is 9.69. The fourth-order valence-corrected chi connectivity index (χ4v) is 3.69. The molecule has 26 heavy (non-hydrogen) atoms. The van der Waals surface area contributed by atoms with Crippen molar-refractivity contribution in [2.24, 2.45) is 4.99 Å². The van der Waals surface area contributed by atoms with Gasteiger partial charge in [-0.25, -0.2) is 0 Å². The quantitative estimate of drug-likeness (QED) is 0.237. The number of hydrogen-bond donors (Lipinski definition) is 1. The highest BCUT2D eigenvalue weighted by Gasteiger charge is 2.23. The number of aliphatic hydroxyl groups is 1. The van der Waals surface area contributed by atoms with E-state index in [0.717, 1.165) is 13.0 Å². The number of unbranched alkanes of at least 4 members (excludes halogenated alkanes) is 12.